The summed E-state index contributed by atoms with van der Waals surface area (Å²) in [5.74, 6) is 0.0906. The number of imidazole rings is 1. The first kappa shape index (κ1) is 17.1. The maximum atomic E-state index is 13.4. The van der Waals surface area contributed by atoms with E-state index in [-0.39, 0.29) is 5.82 Å². The van der Waals surface area contributed by atoms with Crippen molar-refractivity contribution < 1.29 is 4.39 Å². The Balaban J connectivity index is 1.96. The number of aromatic nitrogens is 4. The van der Waals surface area contributed by atoms with Gasteiger partial charge in [-0.1, -0.05) is 0 Å². The van der Waals surface area contributed by atoms with E-state index >= 15 is 0 Å². The van der Waals surface area contributed by atoms with E-state index in [1.807, 2.05) is 30.8 Å². The molecule has 0 unspecified atom stereocenters. The molecule has 0 amide bonds. The number of anilines is 1. The van der Waals surface area contributed by atoms with Crippen LogP contribution in [0.5, 0.6) is 0 Å². The number of pyridine rings is 1. The number of nitrogens with zero attached hydrogens (tertiary/aromatic N) is 5. The van der Waals surface area contributed by atoms with E-state index in [1.165, 1.54) is 18.5 Å². The SMILES string of the molecule is CN(C)Cc1ccn2c(-c3cc(N)ncn3)c(-c3ccc(F)cc3)nc2c1. The summed E-state index contributed by atoms with van der Waals surface area (Å²) < 4.78 is 15.4. The van der Waals surface area contributed by atoms with Crippen molar-refractivity contribution in [3.63, 3.8) is 0 Å². The minimum Gasteiger partial charge on any atom is -0.384 e. The first-order valence-corrected chi connectivity index (χ1v) is 8.51. The molecule has 1 aromatic carbocycles. The van der Waals surface area contributed by atoms with Gasteiger partial charge in [0.15, 0.2) is 0 Å². The topological polar surface area (TPSA) is 72.3 Å². The van der Waals surface area contributed by atoms with Crippen molar-refractivity contribution in [3.05, 3.63) is 66.4 Å². The highest BCUT2D eigenvalue weighted by Crippen LogP contribution is 2.32. The van der Waals surface area contributed by atoms with Crippen molar-refractivity contribution in [1.82, 2.24) is 24.3 Å². The third-order valence-corrected chi connectivity index (χ3v) is 4.24. The number of nitrogen functional groups attached to an aromatic ring is 1. The van der Waals surface area contributed by atoms with Crippen molar-refractivity contribution in [2.75, 3.05) is 19.8 Å². The van der Waals surface area contributed by atoms with E-state index in [0.717, 1.165) is 34.7 Å². The van der Waals surface area contributed by atoms with Gasteiger partial charge in [0.05, 0.1) is 17.1 Å². The van der Waals surface area contributed by atoms with Crippen molar-refractivity contribution in [1.29, 1.82) is 0 Å². The van der Waals surface area contributed by atoms with E-state index < -0.39 is 0 Å². The average Bonchev–Trinajstić information content (AvgIpc) is 3.00. The smallest absolute Gasteiger partial charge is 0.138 e. The second-order valence-electron chi connectivity index (χ2n) is 6.64. The molecule has 0 fully saturated rings. The molecule has 0 atom stereocenters. The number of halogens is 1. The van der Waals surface area contributed by atoms with Gasteiger partial charge in [0.2, 0.25) is 0 Å². The van der Waals surface area contributed by atoms with Gasteiger partial charge >= 0.3 is 0 Å². The third kappa shape index (κ3) is 3.37. The van der Waals surface area contributed by atoms with Gasteiger partial charge in [0, 0.05) is 24.4 Å². The summed E-state index contributed by atoms with van der Waals surface area (Å²) in [6.45, 7) is 0.811. The first-order valence-electron chi connectivity index (χ1n) is 8.51. The van der Waals surface area contributed by atoms with Gasteiger partial charge in [-0.2, -0.15) is 0 Å². The maximum Gasteiger partial charge on any atom is 0.138 e. The van der Waals surface area contributed by atoms with Crippen LogP contribution in [0.4, 0.5) is 10.2 Å². The molecule has 0 saturated carbocycles. The van der Waals surface area contributed by atoms with Crippen LogP contribution in [-0.2, 0) is 6.54 Å². The number of nitrogens with two attached hydrogens (primary N) is 1. The average molecular weight is 362 g/mol. The highest BCUT2D eigenvalue weighted by Gasteiger charge is 2.18. The molecular formula is C20H19FN6. The molecular weight excluding hydrogens is 343 g/mol. The fourth-order valence-electron chi connectivity index (χ4n) is 3.11. The predicted molar refractivity (Wildman–Crippen MR) is 103 cm³/mol. The van der Waals surface area contributed by atoms with E-state index in [1.54, 1.807) is 18.2 Å². The van der Waals surface area contributed by atoms with E-state index in [9.17, 15) is 4.39 Å². The lowest BCUT2D eigenvalue weighted by Gasteiger charge is -2.10. The monoisotopic (exact) mass is 362 g/mol. The lowest BCUT2D eigenvalue weighted by atomic mass is 10.1. The number of rotatable bonds is 4. The Morgan fingerprint density at radius 2 is 1.85 bits per heavy atom. The standard InChI is InChI=1S/C20H19FN6/c1-26(2)11-13-7-8-27-18(9-13)25-19(14-3-5-15(21)6-4-14)20(27)16-10-17(22)24-12-23-16/h3-10,12H,11H2,1-2H3,(H2,22,23,24). The Kier molecular flexibility index (Phi) is 4.29. The zero-order valence-electron chi connectivity index (χ0n) is 15.1. The summed E-state index contributed by atoms with van der Waals surface area (Å²) in [6.07, 6.45) is 3.40. The fourth-order valence-corrected chi connectivity index (χ4v) is 3.11. The normalized spacial score (nSPS) is 11.4. The molecule has 3 aromatic heterocycles. The Morgan fingerprint density at radius 1 is 1.07 bits per heavy atom. The van der Waals surface area contributed by atoms with Crippen LogP contribution < -0.4 is 5.73 Å². The van der Waals surface area contributed by atoms with Crippen LogP contribution in [0, 0.1) is 5.82 Å². The minimum atomic E-state index is -0.288. The Labute approximate surface area is 156 Å². The van der Waals surface area contributed by atoms with Crippen LogP contribution in [0.25, 0.3) is 28.3 Å². The molecule has 0 aliphatic carbocycles. The summed E-state index contributed by atoms with van der Waals surface area (Å²) in [6, 6.07) is 12.1. The predicted octanol–water partition coefficient (Wildman–Crippen LogP) is 3.24. The summed E-state index contributed by atoms with van der Waals surface area (Å²) in [5.41, 5.74) is 10.8. The molecule has 0 spiro atoms. The molecule has 4 aromatic rings. The molecule has 6 nitrogen and oxygen atoms in total. The van der Waals surface area contributed by atoms with Gasteiger partial charge in [-0.3, -0.25) is 4.40 Å². The van der Waals surface area contributed by atoms with E-state index in [0.29, 0.717) is 11.5 Å². The van der Waals surface area contributed by atoms with E-state index in [4.69, 9.17) is 10.7 Å². The fraction of sp³-hybridized carbons (Fsp3) is 0.150. The number of hydrogen-bond donors (Lipinski definition) is 1. The molecule has 4 rings (SSSR count). The molecule has 27 heavy (non-hydrogen) atoms. The highest BCUT2D eigenvalue weighted by atomic mass is 19.1. The Bertz CT molecular complexity index is 1100. The molecule has 0 radical (unpaired) electrons. The van der Waals surface area contributed by atoms with Gasteiger partial charge < -0.3 is 10.6 Å². The van der Waals surface area contributed by atoms with Crippen LogP contribution in [0.2, 0.25) is 0 Å². The molecule has 136 valence electrons. The molecule has 0 bridgehead atoms. The summed E-state index contributed by atoms with van der Waals surface area (Å²) in [4.78, 5) is 15.3. The van der Waals surface area contributed by atoms with Crippen molar-refractivity contribution >= 4 is 11.5 Å². The minimum absolute atomic E-state index is 0.288. The number of benzene rings is 1. The van der Waals surface area contributed by atoms with Crippen molar-refractivity contribution in [3.8, 4) is 22.6 Å². The maximum absolute atomic E-state index is 13.4. The lowest BCUT2D eigenvalue weighted by Crippen LogP contribution is -2.10. The quantitative estimate of drug-likeness (QED) is 0.603. The highest BCUT2D eigenvalue weighted by molar-refractivity contribution is 5.81. The molecule has 0 aliphatic heterocycles. The Hall–Kier alpha value is -3.32. The van der Waals surface area contributed by atoms with E-state index in [2.05, 4.69) is 20.9 Å². The van der Waals surface area contributed by atoms with Crippen LogP contribution in [0.1, 0.15) is 5.56 Å². The van der Waals surface area contributed by atoms with Gasteiger partial charge in [-0.05, 0) is 56.1 Å². The zero-order valence-corrected chi connectivity index (χ0v) is 15.1. The van der Waals surface area contributed by atoms with Crippen LogP contribution in [0.15, 0.2) is 55.0 Å². The lowest BCUT2D eigenvalue weighted by molar-refractivity contribution is 0.402. The second-order valence-corrected chi connectivity index (χ2v) is 6.64. The molecule has 7 heteroatoms. The molecule has 2 N–H and O–H groups in total. The van der Waals surface area contributed by atoms with Crippen LogP contribution >= 0.6 is 0 Å². The molecule has 3 heterocycles. The van der Waals surface area contributed by atoms with Gasteiger partial charge in [-0.25, -0.2) is 19.3 Å². The Morgan fingerprint density at radius 3 is 2.56 bits per heavy atom. The number of fused-ring (bicyclic) bond motifs is 1. The van der Waals surface area contributed by atoms with Gasteiger partial charge in [0.1, 0.15) is 23.6 Å². The first-order chi connectivity index (χ1) is 13.0. The largest absolute Gasteiger partial charge is 0.384 e. The van der Waals surface area contributed by atoms with Gasteiger partial charge in [0.25, 0.3) is 0 Å². The number of hydrogen-bond acceptors (Lipinski definition) is 5. The summed E-state index contributed by atoms with van der Waals surface area (Å²) in [7, 11) is 4.05. The van der Waals surface area contributed by atoms with Crippen LogP contribution in [0.3, 0.4) is 0 Å². The molecule has 0 saturated heterocycles. The zero-order chi connectivity index (χ0) is 19.0. The van der Waals surface area contributed by atoms with Crippen molar-refractivity contribution in [2.24, 2.45) is 0 Å². The summed E-state index contributed by atoms with van der Waals surface area (Å²) in [5, 5.41) is 0. The summed E-state index contributed by atoms with van der Waals surface area (Å²) >= 11 is 0. The second kappa shape index (κ2) is 6.77. The van der Waals surface area contributed by atoms with Gasteiger partial charge in [-0.15, -0.1) is 0 Å². The van der Waals surface area contributed by atoms with Crippen LogP contribution in [-0.4, -0.2) is 38.3 Å². The third-order valence-electron chi connectivity index (χ3n) is 4.24. The molecule has 0 aliphatic rings. The van der Waals surface area contributed by atoms with Crippen molar-refractivity contribution in [2.45, 2.75) is 6.54 Å².